The van der Waals surface area contributed by atoms with Gasteiger partial charge in [-0.2, -0.15) is 0 Å². The van der Waals surface area contributed by atoms with E-state index in [9.17, 15) is 9.90 Å². The zero-order chi connectivity index (χ0) is 18.0. The highest BCUT2D eigenvalue weighted by Crippen LogP contribution is 2.32. The molecule has 0 spiro atoms. The van der Waals surface area contributed by atoms with Crippen LogP contribution in [-0.4, -0.2) is 29.8 Å². The molecule has 0 aromatic heterocycles. The summed E-state index contributed by atoms with van der Waals surface area (Å²) in [7, 11) is 1.65. The van der Waals surface area contributed by atoms with Crippen LogP contribution in [-0.2, 0) is 0 Å². The van der Waals surface area contributed by atoms with Gasteiger partial charge in [0.05, 0.1) is 12.7 Å². The molecule has 25 heavy (non-hydrogen) atoms. The predicted molar refractivity (Wildman–Crippen MR) is 100 cm³/mol. The Kier molecular flexibility index (Phi) is 5.00. The van der Waals surface area contributed by atoms with Gasteiger partial charge in [-0.05, 0) is 80.5 Å². The van der Waals surface area contributed by atoms with Gasteiger partial charge in [0, 0.05) is 11.6 Å². The van der Waals surface area contributed by atoms with E-state index in [0.29, 0.717) is 11.5 Å². The Labute approximate surface area is 149 Å². The van der Waals surface area contributed by atoms with Crippen LogP contribution in [0.25, 0.3) is 10.8 Å². The molecule has 4 heteroatoms. The highest BCUT2D eigenvalue weighted by atomic mass is 16.5. The number of amides is 1. The largest absolute Gasteiger partial charge is 0.497 e. The lowest BCUT2D eigenvalue weighted by atomic mass is 9.77. The number of ether oxygens (including phenoxy) is 1. The van der Waals surface area contributed by atoms with E-state index in [1.165, 1.54) is 0 Å². The number of benzene rings is 2. The van der Waals surface area contributed by atoms with Gasteiger partial charge in [0.2, 0.25) is 0 Å². The van der Waals surface area contributed by atoms with Gasteiger partial charge in [0.15, 0.2) is 0 Å². The van der Waals surface area contributed by atoms with Crippen LogP contribution in [0, 0.1) is 5.92 Å². The Morgan fingerprint density at radius 3 is 2.36 bits per heavy atom. The number of rotatable bonds is 4. The number of hydrogen-bond acceptors (Lipinski definition) is 3. The number of fused-ring (bicyclic) bond motifs is 1. The zero-order valence-corrected chi connectivity index (χ0v) is 15.2. The quantitative estimate of drug-likeness (QED) is 0.886. The van der Waals surface area contributed by atoms with E-state index in [4.69, 9.17) is 4.74 Å². The second-order valence-corrected chi connectivity index (χ2v) is 7.60. The highest BCUT2D eigenvalue weighted by Gasteiger charge is 2.31. The Morgan fingerprint density at radius 1 is 1.08 bits per heavy atom. The average Bonchev–Trinajstić information content (AvgIpc) is 2.60. The van der Waals surface area contributed by atoms with Gasteiger partial charge in [-0.1, -0.05) is 12.1 Å². The molecule has 0 aliphatic heterocycles. The van der Waals surface area contributed by atoms with Crippen LogP contribution in [0.5, 0.6) is 5.75 Å². The minimum absolute atomic E-state index is 0.0237. The van der Waals surface area contributed by atoms with Crippen molar-refractivity contribution in [2.24, 2.45) is 5.92 Å². The minimum Gasteiger partial charge on any atom is -0.497 e. The third-order valence-corrected chi connectivity index (χ3v) is 5.37. The summed E-state index contributed by atoms with van der Waals surface area (Å²) in [5, 5.41) is 15.4. The van der Waals surface area contributed by atoms with E-state index >= 15 is 0 Å². The van der Waals surface area contributed by atoms with Gasteiger partial charge in [-0.25, -0.2) is 0 Å². The molecule has 0 saturated heterocycles. The van der Waals surface area contributed by atoms with Crippen LogP contribution < -0.4 is 10.1 Å². The summed E-state index contributed by atoms with van der Waals surface area (Å²) in [6.07, 6.45) is 3.74. The summed E-state index contributed by atoms with van der Waals surface area (Å²) in [6, 6.07) is 11.8. The molecule has 3 rings (SSSR count). The van der Waals surface area contributed by atoms with Gasteiger partial charge < -0.3 is 15.2 Å². The fraction of sp³-hybridized carbons (Fsp3) is 0.476. The summed E-state index contributed by atoms with van der Waals surface area (Å²) in [6.45, 7) is 3.75. The van der Waals surface area contributed by atoms with Gasteiger partial charge >= 0.3 is 0 Å². The average molecular weight is 341 g/mol. The Balaban J connectivity index is 1.65. The van der Waals surface area contributed by atoms with Crippen LogP contribution in [0.4, 0.5) is 0 Å². The molecule has 134 valence electrons. The van der Waals surface area contributed by atoms with E-state index in [0.717, 1.165) is 42.2 Å². The first-order chi connectivity index (χ1) is 11.9. The molecule has 1 fully saturated rings. The maximum Gasteiger partial charge on any atom is 0.251 e. The van der Waals surface area contributed by atoms with Crippen LogP contribution in [0.3, 0.4) is 0 Å². The lowest BCUT2D eigenvalue weighted by molar-refractivity contribution is -0.00257. The summed E-state index contributed by atoms with van der Waals surface area (Å²) in [5.41, 5.74) is 0.0521. The Morgan fingerprint density at radius 2 is 1.72 bits per heavy atom. The number of hydrogen-bond donors (Lipinski definition) is 2. The number of methoxy groups -OCH3 is 1. The number of aliphatic hydroxyl groups is 1. The fourth-order valence-corrected chi connectivity index (χ4v) is 3.70. The lowest BCUT2D eigenvalue weighted by Gasteiger charge is -2.36. The van der Waals surface area contributed by atoms with Crippen molar-refractivity contribution in [3.63, 3.8) is 0 Å². The van der Waals surface area contributed by atoms with E-state index in [1.807, 2.05) is 50.2 Å². The van der Waals surface area contributed by atoms with Gasteiger partial charge in [0.25, 0.3) is 5.91 Å². The smallest absolute Gasteiger partial charge is 0.251 e. The van der Waals surface area contributed by atoms with Gasteiger partial charge in [-0.3, -0.25) is 4.79 Å². The van der Waals surface area contributed by atoms with Crippen molar-refractivity contribution in [2.75, 3.05) is 7.11 Å². The third kappa shape index (κ3) is 4.13. The second-order valence-electron chi connectivity index (χ2n) is 7.60. The van der Waals surface area contributed by atoms with Crippen molar-refractivity contribution in [3.05, 3.63) is 42.0 Å². The first kappa shape index (κ1) is 17.7. The molecule has 1 aliphatic rings. The zero-order valence-electron chi connectivity index (χ0n) is 15.2. The lowest BCUT2D eigenvalue weighted by Crippen LogP contribution is -2.41. The third-order valence-electron chi connectivity index (χ3n) is 5.37. The molecular formula is C21H27NO3. The molecule has 0 heterocycles. The standard InChI is InChI=1S/C21H27NO3/c1-21(2,24)17-7-9-18(10-8-17)22-20(23)16-5-4-15-13-19(25-3)11-6-14(15)12-16/h4-6,11-13,17-18,24H,7-10H2,1-3H3,(H,22,23). The Hall–Kier alpha value is -2.07. The maximum absolute atomic E-state index is 12.6. The Bertz CT molecular complexity index is 755. The molecule has 0 unspecified atom stereocenters. The molecule has 1 aliphatic carbocycles. The SMILES string of the molecule is COc1ccc2cc(C(=O)NC3CCC(C(C)(C)O)CC3)ccc2c1. The maximum atomic E-state index is 12.6. The fourth-order valence-electron chi connectivity index (χ4n) is 3.70. The van der Waals surface area contributed by atoms with Crippen LogP contribution in [0.15, 0.2) is 36.4 Å². The molecule has 2 aromatic carbocycles. The van der Waals surface area contributed by atoms with Crippen molar-refractivity contribution < 1.29 is 14.6 Å². The van der Waals surface area contributed by atoms with Crippen molar-refractivity contribution in [1.82, 2.24) is 5.32 Å². The molecule has 0 bridgehead atoms. The topological polar surface area (TPSA) is 58.6 Å². The molecule has 1 saturated carbocycles. The second kappa shape index (κ2) is 7.04. The minimum atomic E-state index is -0.631. The molecule has 0 atom stereocenters. The van der Waals surface area contributed by atoms with E-state index in [2.05, 4.69) is 5.32 Å². The first-order valence-electron chi connectivity index (χ1n) is 8.98. The number of nitrogens with one attached hydrogen (secondary N) is 1. The van der Waals surface area contributed by atoms with E-state index in [1.54, 1.807) is 7.11 Å². The highest BCUT2D eigenvalue weighted by molar-refractivity contribution is 5.98. The monoisotopic (exact) mass is 341 g/mol. The summed E-state index contributed by atoms with van der Waals surface area (Å²) < 4.78 is 5.24. The van der Waals surface area contributed by atoms with E-state index in [-0.39, 0.29) is 11.9 Å². The van der Waals surface area contributed by atoms with Gasteiger partial charge in [0.1, 0.15) is 5.75 Å². The van der Waals surface area contributed by atoms with Crippen molar-refractivity contribution >= 4 is 16.7 Å². The first-order valence-corrected chi connectivity index (χ1v) is 8.98. The summed E-state index contributed by atoms with van der Waals surface area (Å²) >= 11 is 0. The van der Waals surface area contributed by atoms with Crippen LogP contribution >= 0.6 is 0 Å². The predicted octanol–water partition coefficient (Wildman–Crippen LogP) is 3.91. The molecule has 0 radical (unpaired) electrons. The number of carbonyl (C=O) groups excluding carboxylic acids is 1. The van der Waals surface area contributed by atoms with Crippen LogP contribution in [0.1, 0.15) is 49.9 Å². The molecule has 2 N–H and O–H groups in total. The summed E-state index contributed by atoms with van der Waals surface area (Å²) in [5.74, 6) is 1.11. The van der Waals surface area contributed by atoms with Crippen molar-refractivity contribution in [1.29, 1.82) is 0 Å². The van der Waals surface area contributed by atoms with E-state index < -0.39 is 5.60 Å². The molecule has 2 aromatic rings. The van der Waals surface area contributed by atoms with Gasteiger partial charge in [-0.15, -0.1) is 0 Å². The molecule has 4 nitrogen and oxygen atoms in total. The van der Waals surface area contributed by atoms with Crippen molar-refractivity contribution in [2.45, 2.75) is 51.2 Å². The van der Waals surface area contributed by atoms with Crippen LogP contribution in [0.2, 0.25) is 0 Å². The normalized spacial score (nSPS) is 21.1. The number of carbonyl (C=O) groups is 1. The van der Waals surface area contributed by atoms with Crippen molar-refractivity contribution in [3.8, 4) is 5.75 Å². The molecular weight excluding hydrogens is 314 g/mol. The molecule has 1 amide bonds. The summed E-state index contributed by atoms with van der Waals surface area (Å²) in [4.78, 5) is 12.6.